The number of benzene rings is 1. The molecule has 0 radical (unpaired) electrons. The summed E-state index contributed by atoms with van der Waals surface area (Å²) < 4.78 is 11.3. The molecule has 1 aromatic rings. The van der Waals surface area contributed by atoms with Crippen LogP contribution in [-0.2, 0) is 4.74 Å². The molecule has 1 atom stereocenters. The molecule has 0 spiro atoms. The van der Waals surface area contributed by atoms with Crippen LogP contribution in [0.2, 0.25) is 0 Å². The van der Waals surface area contributed by atoms with Gasteiger partial charge in [-0.1, -0.05) is 25.5 Å². The van der Waals surface area contributed by atoms with Crippen LogP contribution in [0.25, 0.3) is 0 Å². The highest BCUT2D eigenvalue weighted by Gasteiger charge is 2.22. The third-order valence-corrected chi connectivity index (χ3v) is 3.45. The van der Waals surface area contributed by atoms with Crippen molar-refractivity contribution < 1.29 is 9.47 Å². The maximum Gasteiger partial charge on any atom is 0.119 e. The smallest absolute Gasteiger partial charge is 0.119 e. The number of unbranched alkanes of at least 4 members (excludes halogenated alkanes) is 1. The van der Waals surface area contributed by atoms with E-state index < -0.39 is 0 Å². The standard InChI is InChI=1S/C16H25NO2/c1-3-4-10-19-16(12-17-14-8-9-14)13-6-5-7-15(11-13)18-2/h5-7,11,14,16-17H,3-4,8-10,12H2,1-2H3. The number of methoxy groups -OCH3 is 1. The van der Waals surface area contributed by atoms with Crippen molar-refractivity contribution in [2.24, 2.45) is 0 Å². The fourth-order valence-electron chi connectivity index (χ4n) is 2.05. The number of rotatable bonds is 9. The molecule has 0 heterocycles. The second-order valence-electron chi connectivity index (χ2n) is 5.17. The molecule has 0 saturated heterocycles. The Bertz CT molecular complexity index is 377. The lowest BCUT2D eigenvalue weighted by atomic mass is 10.1. The Hall–Kier alpha value is -1.06. The summed E-state index contributed by atoms with van der Waals surface area (Å²) in [6.45, 7) is 3.90. The van der Waals surface area contributed by atoms with Gasteiger partial charge < -0.3 is 14.8 Å². The summed E-state index contributed by atoms with van der Waals surface area (Å²) in [6.07, 6.45) is 5.02. The average molecular weight is 263 g/mol. The highest BCUT2D eigenvalue weighted by molar-refractivity contribution is 5.30. The molecule has 1 aromatic carbocycles. The minimum atomic E-state index is 0.127. The fourth-order valence-corrected chi connectivity index (χ4v) is 2.05. The lowest BCUT2D eigenvalue weighted by Crippen LogP contribution is -2.25. The van der Waals surface area contributed by atoms with E-state index >= 15 is 0 Å². The van der Waals surface area contributed by atoms with Gasteiger partial charge in [0.15, 0.2) is 0 Å². The molecule has 0 aliphatic heterocycles. The van der Waals surface area contributed by atoms with E-state index in [0.717, 1.165) is 25.3 Å². The number of hydrogen-bond acceptors (Lipinski definition) is 3. The number of ether oxygens (including phenoxy) is 2. The van der Waals surface area contributed by atoms with Crippen molar-refractivity contribution in [2.75, 3.05) is 20.3 Å². The van der Waals surface area contributed by atoms with Gasteiger partial charge in [-0.25, -0.2) is 0 Å². The lowest BCUT2D eigenvalue weighted by Gasteiger charge is -2.19. The predicted molar refractivity (Wildman–Crippen MR) is 77.6 cm³/mol. The van der Waals surface area contributed by atoms with E-state index in [0.29, 0.717) is 6.04 Å². The van der Waals surface area contributed by atoms with Gasteiger partial charge in [0.1, 0.15) is 5.75 Å². The highest BCUT2D eigenvalue weighted by atomic mass is 16.5. The molecule has 1 fully saturated rings. The van der Waals surface area contributed by atoms with Gasteiger partial charge in [-0.15, -0.1) is 0 Å². The first kappa shape index (κ1) is 14.4. The third-order valence-electron chi connectivity index (χ3n) is 3.45. The van der Waals surface area contributed by atoms with Crippen LogP contribution in [0, 0.1) is 0 Å². The Morgan fingerprint density at radius 2 is 2.21 bits per heavy atom. The average Bonchev–Trinajstić information content (AvgIpc) is 3.27. The minimum Gasteiger partial charge on any atom is -0.497 e. The van der Waals surface area contributed by atoms with E-state index in [1.54, 1.807) is 7.11 Å². The van der Waals surface area contributed by atoms with E-state index in [2.05, 4.69) is 24.4 Å². The van der Waals surface area contributed by atoms with Gasteiger partial charge in [0.2, 0.25) is 0 Å². The van der Waals surface area contributed by atoms with Crippen molar-refractivity contribution in [2.45, 2.75) is 44.8 Å². The van der Waals surface area contributed by atoms with Crippen LogP contribution in [0.1, 0.15) is 44.3 Å². The molecule has 106 valence electrons. The van der Waals surface area contributed by atoms with Crippen molar-refractivity contribution in [1.29, 1.82) is 0 Å². The van der Waals surface area contributed by atoms with Crippen LogP contribution < -0.4 is 10.1 Å². The monoisotopic (exact) mass is 263 g/mol. The van der Waals surface area contributed by atoms with Crippen LogP contribution in [0.15, 0.2) is 24.3 Å². The summed E-state index contributed by atoms with van der Waals surface area (Å²) in [5.41, 5.74) is 1.20. The minimum absolute atomic E-state index is 0.127. The Labute approximate surface area is 116 Å². The van der Waals surface area contributed by atoms with Crippen LogP contribution in [0.3, 0.4) is 0 Å². The second-order valence-corrected chi connectivity index (χ2v) is 5.17. The summed E-state index contributed by atoms with van der Waals surface area (Å²) in [7, 11) is 1.70. The predicted octanol–water partition coefficient (Wildman–Crippen LogP) is 3.31. The Kier molecular flexibility index (Phi) is 5.67. The van der Waals surface area contributed by atoms with Crippen molar-refractivity contribution in [3.8, 4) is 5.75 Å². The topological polar surface area (TPSA) is 30.5 Å². The summed E-state index contributed by atoms with van der Waals surface area (Å²) in [5.74, 6) is 0.896. The van der Waals surface area contributed by atoms with Gasteiger partial charge in [0.25, 0.3) is 0 Å². The van der Waals surface area contributed by atoms with Crippen molar-refractivity contribution in [1.82, 2.24) is 5.32 Å². The van der Waals surface area contributed by atoms with Gasteiger partial charge in [-0.05, 0) is 37.0 Å². The summed E-state index contributed by atoms with van der Waals surface area (Å²) in [6, 6.07) is 8.91. The molecule has 0 aromatic heterocycles. The summed E-state index contributed by atoms with van der Waals surface area (Å²) in [4.78, 5) is 0. The Morgan fingerprint density at radius 3 is 2.89 bits per heavy atom. The maximum absolute atomic E-state index is 6.03. The maximum atomic E-state index is 6.03. The molecular weight excluding hydrogens is 238 g/mol. The van der Waals surface area contributed by atoms with Gasteiger partial charge in [-0.3, -0.25) is 0 Å². The SMILES string of the molecule is CCCCOC(CNC1CC1)c1cccc(OC)c1. The molecule has 3 nitrogen and oxygen atoms in total. The molecule has 1 aliphatic rings. The van der Waals surface area contributed by atoms with E-state index in [9.17, 15) is 0 Å². The van der Waals surface area contributed by atoms with E-state index in [4.69, 9.17) is 9.47 Å². The zero-order chi connectivity index (χ0) is 13.5. The molecule has 3 heteroatoms. The van der Waals surface area contributed by atoms with Crippen molar-refractivity contribution >= 4 is 0 Å². The molecule has 0 amide bonds. The van der Waals surface area contributed by atoms with E-state index in [1.165, 1.54) is 24.8 Å². The van der Waals surface area contributed by atoms with Gasteiger partial charge in [0.05, 0.1) is 13.2 Å². The molecule has 1 N–H and O–H groups in total. The van der Waals surface area contributed by atoms with Gasteiger partial charge in [0, 0.05) is 19.2 Å². The van der Waals surface area contributed by atoms with Crippen LogP contribution in [0.4, 0.5) is 0 Å². The molecule has 19 heavy (non-hydrogen) atoms. The van der Waals surface area contributed by atoms with Crippen LogP contribution in [0.5, 0.6) is 5.75 Å². The first-order valence-corrected chi connectivity index (χ1v) is 7.32. The van der Waals surface area contributed by atoms with Crippen molar-refractivity contribution in [3.63, 3.8) is 0 Å². The first-order chi connectivity index (χ1) is 9.33. The molecular formula is C16H25NO2. The van der Waals surface area contributed by atoms with Crippen molar-refractivity contribution in [3.05, 3.63) is 29.8 Å². The molecule has 1 aliphatic carbocycles. The number of hydrogen-bond donors (Lipinski definition) is 1. The zero-order valence-electron chi connectivity index (χ0n) is 12.0. The molecule has 2 rings (SSSR count). The molecule has 1 saturated carbocycles. The van der Waals surface area contributed by atoms with Crippen LogP contribution >= 0.6 is 0 Å². The fraction of sp³-hybridized carbons (Fsp3) is 0.625. The second kappa shape index (κ2) is 7.51. The lowest BCUT2D eigenvalue weighted by molar-refractivity contribution is 0.0502. The summed E-state index contributed by atoms with van der Waals surface area (Å²) in [5, 5.41) is 3.55. The normalized spacial score (nSPS) is 16.3. The van der Waals surface area contributed by atoms with Crippen LogP contribution in [-0.4, -0.2) is 26.3 Å². The van der Waals surface area contributed by atoms with Gasteiger partial charge >= 0.3 is 0 Å². The Morgan fingerprint density at radius 1 is 1.37 bits per heavy atom. The first-order valence-electron chi connectivity index (χ1n) is 7.32. The number of nitrogens with one attached hydrogen (secondary N) is 1. The highest BCUT2D eigenvalue weighted by Crippen LogP contribution is 2.24. The zero-order valence-corrected chi connectivity index (χ0v) is 12.0. The van der Waals surface area contributed by atoms with E-state index in [-0.39, 0.29) is 6.10 Å². The summed E-state index contributed by atoms with van der Waals surface area (Å²) >= 11 is 0. The quantitative estimate of drug-likeness (QED) is 0.693. The van der Waals surface area contributed by atoms with E-state index in [1.807, 2.05) is 12.1 Å². The van der Waals surface area contributed by atoms with Gasteiger partial charge in [-0.2, -0.15) is 0 Å². The molecule has 0 bridgehead atoms. The molecule has 1 unspecified atom stereocenters. The largest absolute Gasteiger partial charge is 0.497 e. The third kappa shape index (κ3) is 4.84. The Balaban J connectivity index is 1.95.